The Balaban J connectivity index is 1.97. The number of hydrogen-bond acceptors (Lipinski definition) is 3. The van der Waals surface area contributed by atoms with Gasteiger partial charge in [0.15, 0.2) is 0 Å². The van der Waals surface area contributed by atoms with Crippen LogP contribution in [-0.4, -0.2) is 23.9 Å². The number of nitriles is 1. The van der Waals surface area contributed by atoms with Gasteiger partial charge in [0.2, 0.25) is 0 Å². The van der Waals surface area contributed by atoms with E-state index >= 15 is 0 Å². The largest absolute Gasteiger partial charge is 0.511 e. The molecule has 0 bridgehead atoms. The summed E-state index contributed by atoms with van der Waals surface area (Å²) in [5.41, 5.74) is 2.73. The molecule has 0 aliphatic carbocycles. The van der Waals surface area contributed by atoms with Crippen molar-refractivity contribution in [3.05, 3.63) is 17.3 Å². The van der Waals surface area contributed by atoms with E-state index < -0.39 is 7.12 Å². The highest BCUT2D eigenvalue weighted by Gasteiger charge is 2.49. The Morgan fingerprint density at radius 1 is 1.23 bits per heavy atom. The average molecular weight is 300 g/mol. The van der Waals surface area contributed by atoms with E-state index in [4.69, 9.17) is 9.31 Å². The van der Waals surface area contributed by atoms with E-state index in [1.165, 1.54) is 0 Å². The molecular weight excluding hydrogens is 275 g/mol. The Hall–Kier alpha value is -1.25. The fourth-order valence-electron chi connectivity index (χ4n) is 3.28. The third-order valence-electron chi connectivity index (χ3n) is 5.46. The van der Waals surface area contributed by atoms with Crippen molar-refractivity contribution in [2.24, 2.45) is 10.8 Å². The predicted molar refractivity (Wildman–Crippen MR) is 86.9 cm³/mol. The Labute approximate surface area is 133 Å². The standard InChI is InChI=1S/C17H25BN2O2/c1-15(2)8-13-12(9-19)7-14(20(13)10-15)18-21-11-16(3,4)17(5,6)22-18/h7H,8,10-11H2,1-6H3. The third-order valence-corrected chi connectivity index (χ3v) is 5.46. The SMILES string of the molecule is CC1(C)Cc2c(C#N)cc(B3OCC(C)(C)C(C)(C)O3)n2C1. The molecule has 118 valence electrons. The molecule has 1 saturated heterocycles. The first kappa shape index (κ1) is 15.6. The van der Waals surface area contributed by atoms with Crippen molar-refractivity contribution in [2.75, 3.05) is 6.61 Å². The van der Waals surface area contributed by atoms with Gasteiger partial charge in [0, 0.05) is 29.9 Å². The van der Waals surface area contributed by atoms with E-state index in [0.717, 1.165) is 29.8 Å². The minimum atomic E-state index is -0.391. The van der Waals surface area contributed by atoms with Crippen LogP contribution < -0.4 is 5.59 Å². The Morgan fingerprint density at radius 3 is 2.50 bits per heavy atom. The Morgan fingerprint density at radius 2 is 1.91 bits per heavy atom. The lowest BCUT2D eigenvalue weighted by Gasteiger charge is -2.47. The quantitative estimate of drug-likeness (QED) is 0.749. The van der Waals surface area contributed by atoms with Gasteiger partial charge in [0.05, 0.1) is 11.2 Å². The zero-order valence-electron chi connectivity index (χ0n) is 14.5. The maximum atomic E-state index is 9.42. The van der Waals surface area contributed by atoms with Crippen LogP contribution in [0.1, 0.15) is 52.8 Å². The molecule has 0 unspecified atom stereocenters. The van der Waals surface area contributed by atoms with Crippen LogP contribution >= 0.6 is 0 Å². The van der Waals surface area contributed by atoms with Crippen molar-refractivity contribution in [1.29, 1.82) is 5.26 Å². The zero-order chi connectivity index (χ0) is 16.3. The molecule has 5 heteroatoms. The monoisotopic (exact) mass is 300 g/mol. The summed E-state index contributed by atoms with van der Waals surface area (Å²) in [6, 6.07) is 4.28. The molecule has 2 aliphatic heterocycles. The highest BCUT2D eigenvalue weighted by Crippen LogP contribution is 2.39. The minimum Gasteiger partial charge on any atom is -0.406 e. The third kappa shape index (κ3) is 2.30. The van der Waals surface area contributed by atoms with Crippen molar-refractivity contribution >= 4 is 12.7 Å². The summed E-state index contributed by atoms with van der Waals surface area (Å²) in [6.45, 7) is 14.6. The van der Waals surface area contributed by atoms with Crippen LogP contribution in [0.5, 0.6) is 0 Å². The van der Waals surface area contributed by atoms with Gasteiger partial charge in [-0.25, -0.2) is 0 Å². The van der Waals surface area contributed by atoms with E-state index in [1.54, 1.807) is 0 Å². The Bertz CT molecular complexity index is 652. The lowest BCUT2D eigenvalue weighted by atomic mass is 9.70. The number of rotatable bonds is 1. The molecule has 3 rings (SSSR count). The van der Waals surface area contributed by atoms with Crippen molar-refractivity contribution in [1.82, 2.24) is 4.57 Å². The van der Waals surface area contributed by atoms with E-state index in [1.807, 2.05) is 6.07 Å². The van der Waals surface area contributed by atoms with Crippen molar-refractivity contribution in [2.45, 2.75) is 60.1 Å². The number of aromatic nitrogens is 1. The molecule has 1 aromatic rings. The Kier molecular flexibility index (Phi) is 3.29. The van der Waals surface area contributed by atoms with E-state index in [0.29, 0.717) is 6.61 Å². The molecule has 0 aromatic carbocycles. The van der Waals surface area contributed by atoms with Gasteiger partial charge in [-0.1, -0.05) is 27.7 Å². The first-order valence-electron chi connectivity index (χ1n) is 7.98. The normalized spacial score (nSPS) is 24.9. The van der Waals surface area contributed by atoms with Crippen molar-refractivity contribution in [3.63, 3.8) is 0 Å². The fraction of sp³-hybridized carbons (Fsp3) is 0.706. The van der Waals surface area contributed by atoms with Gasteiger partial charge in [-0.15, -0.1) is 0 Å². The zero-order valence-corrected chi connectivity index (χ0v) is 14.5. The van der Waals surface area contributed by atoms with Crippen LogP contribution in [0, 0.1) is 22.2 Å². The maximum Gasteiger partial charge on any atom is 0.511 e. The second-order valence-electron chi connectivity index (χ2n) is 8.62. The van der Waals surface area contributed by atoms with Crippen molar-refractivity contribution in [3.8, 4) is 6.07 Å². The molecule has 0 spiro atoms. The summed E-state index contributed by atoms with van der Waals surface area (Å²) in [5.74, 6) is 0. The van der Waals surface area contributed by atoms with E-state index in [9.17, 15) is 5.26 Å². The number of hydrogen-bond donors (Lipinski definition) is 0. The first-order chi connectivity index (χ1) is 10.1. The van der Waals surface area contributed by atoms with Crippen LogP contribution in [0.15, 0.2) is 6.07 Å². The molecule has 4 nitrogen and oxygen atoms in total. The van der Waals surface area contributed by atoms with Crippen LogP contribution in [0.2, 0.25) is 0 Å². The number of nitrogens with zero attached hydrogens (tertiary/aromatic N) is 2. The molecule has 2 aliphatic rings. The highest BCUT2D eigenvalue weighted by molar-refractivity contribution is 6.61. The second-order valence-corrected chi connectivity index (χ2v) is 8.62. The van der Waals surface area contributed by atoms with Crippen LogP contribution in [0.25, 0.3) is 0 Å². The summed E-state index contributed by atoms with van der Waals surface area (Å²) >= 11 is 0. The first-order valence-corrected chi connectivity index (χ1v) is 7.98. The molecule has 1 fully saturated rings. The molecule has 0 atom stereocenters. The summed E-state index contributed by atoms with van der Waals surface area (Å²) < 4.78 is 14.5. The van der Waals surface area contributed by atoms with Gasteiger partial charge in [-0.05, 0) is 31.7 Å². The van der Waals surface area contributed by atoms with Gasteiger partial charge in [0.1, 0.15) is 6.07 Å². The van der Waals surface area contributed by atoms with Crippen molar-refractivity contribution < 1.29 is 9.31 Å². The van der Waals surface area contributed by atoms with Crippen LogP contribution in [0.3, 0.4) is 0 Å². The molecule has 1 aromatic heterocycles. The lowest BCUT2D eigenvalue weighted by Crippen LogP contribution is -2.59. The van der Waals surface area contributed by atoms with Crippen LogP contribution in [-0.2, 0) is 22.3 Å². The van der Waals surface area contributed by atoms with Gasteiger partial charge in [-0.3, -0.25) is 0 Å². The second kappa shape index (κ2) is 4.63. The molecule has 22 heavy (non-hydrogen) atoms. The minimum absolute atomic E-state index is 0.0404. The molecule has 3 heterocycles. The smallest absolute Gasteiger partial charge is 0.406 e. The molecule has 0 amide bonds. The molecular formula is C17H25BN2O2. The summed E-state index contributed by atoms with van der Waals surface area (Å²) in [7, 11) is -0.391. The summed E-state index contributed by atoms with van der Waals surface area (Å²) in [4.78, 5) is 0. The average Bonchev–Trinajstić information content (AvgIpc) is 2.86. The summed E-state index contributed by atoms with van der Waals surface area (Å²) in [5, 5.41) is 9.42. The maximum absolute atomic E-state index is 9.42. The number of fused-ring (bicyclic) bond motifs is 1. The molecule has 0 radical (unpaired) electrons. The lowest BCUT2D eigenvalue weighted by molar-refractivity contribution is -0.0941. The summed E-state index contributed by atoms with van der Waals surface area (Å²) in [6.07, 6.45) is 0.928. The van der Waals surface area contributed by atoms with Gasteiger partial charge in [0.25, 0.3) is 0 Å². The van der Waals surface area contributed by atoms with E-state index in [-0.39, 0.29) is 16.4 Å². The van der Waals surface area contributed by atoms with E-state index in [2.05, 4.69) is 52.2 Å². The van der Waals surface area contributed by atoms with Gasteiger partial charge < -0.3 is 13.9 Å². The molecule has 0 N–H and O–H groups in total. The topological polar surface area (TPSA) is 47.2 Å². The molecule has 0 saturated carbocycles. The van der Waals surface area contributed by atoms with Crippen LogP contribution in [0.4, 0.5) is 0 Å². The van der Waals surface area contributed by atoms with Gasteiger partial charge in [-0.2, -0.15) is 5.26 Å². The predicted octanol–water partition coefficient (Wildman–Crippen LogP) is 2.49. The highest BCUT2D eigenvalue weighted by atomic mass is 16.6. The fourth-order valence-corrected chi connectivity index (χ4v) is 3.28. The van der Waals surface area contributed by atoms with Gasteiger partial charge >= 0.3 is 7.12 Å².